The van der Waals surface area contributed by atoms with Gasteiger partial charge in [-0.3, -0.25) is 0 Å². The normalized spacial score (nSPS) is 18.9. The van der Waals surface area contributed by atoms with Crippen molar-refractivity contribution in [2.45, 2.75) is 45.1 Å². The summed E-state index contributed by atoms with van der Waals surface area (Å²) in [7, 11) is 3.40. The molecule has 1 atom stereocenters. The van der Waals surface area contributed by atoms with Gasteiger partial charge in [0.15, 0.2) is 11.5 Å². The van der Waals surface area contributed by atoms with E-state index in [1.165, 1.54) is 30.4 Å². The first-order valence-corrected chi connectivity index (χ1v) is 8.16. The molecule has 0 spiro atoms. The van der Waals surface area contributed by atoms with Crippen molar-refractivity contribution in [1.82, 2.24) is 5.32 Å². The summed E-state index contributed by atoms with van der Waals surface area (Å²) in [5.74, 6) is 1.68. The second kappa shape index (κ2) is 7.32. The monoisotopic (exact) mass is 341 g/mol. The molecule has 0 amide bonds. The molecule has 1 unspecified atom stereocenters. The first-order chi connectivity index (χ1) is 9.71. The van der Waals surface area contributed by atoms with Gasteiger partial charge in [-0.1, -0.05) is 29.3 Å². The molecule has 0 saturated carbocycles. The van der Waals surface area contributed by atoms with Crippen LogP contribution in [0.25, 0.3) is 0 Å². The van der Waals surface area contributed by atoms with Crippen LogP contribution in [0, 0.1) is 0 Å². The van der Waals surface area contributed by atoms with Crippen molar-refractivity contribution in [3.05, 3.63) is 21.7 Å². The largest absolute Gasteiger partial charge is 0.493 e. The Kier molecular flexibility index (Phi) is 5.73. The highest BCUT2D eigenvalue weighted by molar-refractivity contribution is 9.10. The minimum Gasteiger partial charge on any atom is -0.493 e. The zero-order valence-corrected chi connectivity index (χ0v) is 14.2. The molecule has 4 heteroatoms. The lowest BCUT2D eigenvalue weighted by Gasteiger charge is -2.26. The zero-order valence-electron chi connectivity index (χ0n) is 12.6. The predicted octanol–water partition coefficient (Wildman–Crippen LogP) is 3.71. The predicted molar refractivity (Wildman–Crippen MR) is 86.0 cm³/mol. The molecule has 0 radical (unpaired) electrons. The van der Waals surface area contributed by atoms with E-state index in [9.17, 15) is 0 Å². The fraction of sp³-hybridized carbons (Fsp3) is 0.625. The number of piperidine rings is 1. The van der Waals surface area contributed by atoms with Crippen molar-refractivity contribution >= 4 is 15.9 Å². The Balaban J connectivity index is 2.35. The van der Waals surface area contributed by atoms with Crippen molar-refractivity contribution < 1.29 is 9.47 Å². The third-order valence-electron chi connectivity index (χ3n) is 4.05. The van der Waals surface area contributed by atoms with Gasteiger partial charge in [-0.15, -0.1) is 0 Å². The molecule has 1 saturated heterocycles. The first-order valence-electron chi connectivity index (χ1n) is 7.36. The second-order valence-electron chi connectivity index (χ2n) is 5.26. The van der Waals surface area contributed by atoms with Gasteiger partial charge in [0.05, 0.1) is 14.2 Å². The van der Waals surface area contributed by atoms with Crippen molar-refractivity contribution in [2.75, 3.05) is 20.8 Å². The molecular weight excluding hydrogens is 318 g/mol. The maximum atomic E-state index is 5.58. The topological polar surface area (TPSA) is 30.5 Å². The molecule has 112 valence electrons. The van der Waals surface area contributed by atoms with Crippen molar-refractivity contribution in [3.8, 4) is 11.5 Å². The van der Waals surface area contributed by atoms with Gasteiger partial charge < -0.3 is 14.8 Å². The third-order valence-corrected chi connectivity index (χ3v) is 4.76. The van der Waals surface area contributed by atoms with E-state index in [0.29, 0.717) is 6.04 Å². The van der Waals surface area contributed by atoms with Gasteiger partial charge in [-0.25, -0.2) is 0 Å². The molecule has 20 heavy (non-hydrogen) atoms. The molecule has 1 aromatic rings. The van der Waals surface area contributed by atoms with Crippen LogP contribution in [0.1, 0.15) is 37.3 Å². The fourth-order valence-corrected chi connectivity index (χ4v) is 3.62. The van der Waals surface area contributed by atoms with E-state index in [4.69, 9.17) is 9.47 Å². The van der Waals surface area contributed by atoms with Gasteiger partial charge >= 0.3 is 0 Å². The van der Waals surface area contributed by atoms with E-state index in [1.807, 2.05) is 6.07 Å². The minimum absolute atomic E-state index is 0.573. The molecule has 0 aliphatic carbocycles. The summed E-state index contributed by atoms with van der Waals surface area (Å²) >= 11 is 3.71. The van der Waals surface area contributed by atoms with E-state index >= 15 is 0 Å². The molecule has 1 aliphatic heterocycles. The van der Waals surface area contributed by atoms with Crippen LogP contribution < -0.4 is 14.8 Å². The van der Waals surface area contributed by atoms with E-state index in [2.05, 4.69) is 28.2 Å². The smallest absolute Gasteiger partial charge is 0.164 e. The van der Waals surface area contributed by atoms with E-state index in [0.717, 1.165) is 35.4 Å². The highest BCUT2D eigenvalue weighted by atomic mass is 79.9. The minimum atomic E-state index is 0.573. The number of ether oxygens (including phenoxy) is 2. The summed E-state index contributed by atoms with van der Waals surface area (Å²) in [5, 5.41) is 3.62. The number of methoxy groups -OCH3 is 2. The SMILES string of the molecule is CCc1c(CC2CCCCN2)c(Br)cc(OC)c1OC. The zero-order chi connectivity index (χ0) is 14.5. The summed E-state index contributed by atoms with van der Waals surface area (Å²) in [5.41, 5.74) is 2.61. The molecule has 2 rings (SSSR count). The first kappa shape index (κ1) is 15.6. The molecule has 0 aromatic heterocycles. The van der Waals surface area contributed by atoms with E-state index in [1.54, 1.807) is 14.2 Å². The fourth-order valence-electron chi connectivity index (χ4n) is 3.01. The van der Waals surface area contributed by atoms with Crippen LogP contribution >= 0.6 is 15.9 Å². The summed E-state index contributed by atoms with van der Waals surface area (Å²) in [6.07, 6.45) is 5.86. The van der Waals surface area contributed by atoms with Gasteiger partial charge in [0.1, 0.15) is 0 Å². The number of hydrogen-bond donors (Lipinski definition) is 1. The van der Waals surface area contributed by atoms with E-state index < -0.39 is 0 Å². The van der Waals surface area contributed by atoms with Gasteiger partial charge in [-0.05, 0) is 43.9 Å². The van der Waals surface area contributed by atoms with Crippen LogP contribution in [0.4, 0.5) is 0 Å². The Morgan fingerprint density at radius 1 is 1.25 bits per heavy atom. The molecule has 3 nitrogen and oxygen atoms in total. The van der Waals surface area contributed by atoms with Crippen LogP contribution in [-0.4, -0.2) is 26.8 Å². The lowest BCUT2D eigenvalue weighted by molar-refractivity contribution is 0.349. The summed E-state index contributed by atoms with van der Waals surface area (Å²) < 4.78 is 12.1. The summed E-state index contributed by atoms with van der Waals surface area (Å²) in [4.78, 5) is 0. The van der Waals surface area contributed by atoms with Crippen molar-refractivity contribution in [2.24, 2.45) is 0 Å². The Morgan fingerprint density at radius 2 is 2.05 bits per heavy atom. The van der Waals surface area contributed by atoms with Crippen LogP contribution in [0.15, 0.2) is 10.5 Å². The van der Waals surface area contributed by atoms with E-state index in [-0.39, 0.29) is 0 Å². The van der Waals surface area contributed by atoms with Crippen LogP contribution in [-0.2, 0) is 12.8 Å². The molecule has 1 aromatic carbocycles. The van der Waals surface area contributed by atoms with Gasteiger partial charge in [0.2, 0.25) is 0 Å². The standard InChI is InChI=1S/C16H24BrNO2/c1-4-12-13(9-11-7-5-6-8-18-11)14(17)10-15(19-2)16(12)20-3/h10-11,18H,4-9H2,1-3H3. The molecule has 1 aliphatic rings. The third kappa shape index (κ3) is 3.29. The average Bonchev–Trinajstić information content (AvgIpc) is 2.49. The Morgan fingerprint density at radius 3 is 2.60 bits per heavy atom. The quantitative estimate of drug-likeness (QED) is 0.885. The number of benzene rings is 1. The molecule has 1 N–H and O–H groups in total. The van der Waals surface area contributed by atoms with Crippen molar-refractivity contribution in [3.63, 3.8) is 0 Å². The molecule has 1 heterocycles. The summed E-state index contributed by atoms with van der Waals surface area (Å²) in [6, 6.07) is 2.60. The number of halogens is 1. The molecular formula is C16H24BrNO2. The van der Waals surface area contributed by atoms with Gasteiger partial charge in [0.25, 0.3) is 0 Å². The lowest BCUT2D eigenvalue weighted by Crippen LogP contribution is -2.35. The van der Waals surface area contributed by atoms with Crippen LogP contribution in [0.5, 0.6) is 11.5 Å². The Hall–Kier alpha value is -0.740. The van der Waals surface area contributed by atoms with Gasteiger partial charge in [0, 0.05) is 16.1 Å². The van der Waals surface area contributed by atoms with Gasteiger partial charge in [-0.2, -0.15) is 0 Å². The highest BCUT2D eigenvalue weighted by Crippen LogP contribution is 2.39. The number of hydrogen-bond acceptors (Lipinski definition) is 3. The Bertz CT molecular complexity index is 456. The highest BCUT2D eigenvalue weighted by Gasteiger charge is 2.21. The maximum Gasteiger partial charge on any atom is 0.164 e. The summed E-state index contributed by atoms with van der Waals surface area (Å²) in [6.45, 7) is 3.30. The maximum absolute atomic E-state index is 5.58. The lowest BCUT2D eigenvalue weighted by atomic mass is 9.93. The number of rotatable bonds is 5. The van der Waals surface area contributed by atoms with Crippen molar-refractivity contribution in [1.29, 1.82) is 0 Å². The molecule has 1 fully saturated rings. The van der Waals surface area contributed by atoms with Crippen LogP contribution in [0.3, 0.4) is 0 Å². The van der Waals surface area contributed by atoms with Crippen LogP contribution in [0.2, 0.25) is 0 Å². The molecule has 0 bridgehead atoms. The number of nitrogens with one attached hydrogen (secondary N) is 1. The second-order valence-corrected chi connectivity index (χ2v) is 6.11. The Labute approximate surface area is 130 Å². The average molecular weight is 342 g/mol.